The Balaban J connectivity index is 1.90. The molecule has 3 amide bonds. The molecule has 0 saturated heterocycles. The van der Waals surface area contributed by atoms with Crippen LogP contribution in [0.3, 0.4) is 0 Å². The van der Waals surface area contributed by atoms with Gasteiger partial charge in [-0.3, -0.25) is 19.3 Å². The molecule has 0 aromatic heterocycles. The number of anilines is 2. The smallest absolute Gasteiger partial charge is 0.253 e. The molecule has 0 unspecified atom stereocenters. The van der Waals surface area contributed by atoms with E-state index < -0.39 is 0 Å². The fourth-order valence-corrected chi connectivity index (χ4v) is 2.93. The van der Waals surface area contributed by atoms with Crippen molar-refractivity contribution in [3.05, 3.63) is 59.2 Å². The Morgan fingerprint density at radius 3 is 1.97 bits per heavy atom. The van der Waals surface area contributed by atoms with Crippen LogP contribution in [0, 0.1) is 13.8 Å². The zero-order valence-electron chi connectivity index (χ0n) is 17.6. The van der Waals surface area contributed by atoms with Gasteiger partial charge >= 0.3 is 0 Å². The third kappa shape index (κ3) is 6.43. The van der Waals surface area contributed by atoms with Crippen LogP contribution < -0.4 is 10.6 Å². The fourth-order valence-electron chi connectivity index (χ4n) is 2.93. The number of carbonyl (C=O) groups is 3. The Labute approximate surface area is 171 Å². The molecule has 0 fully saturated rings. The van der Waals surface area contributed by atoms with E-state index in [0.29, 0.717) is 11.3 Å². The minimum atomic E-state index is -0.262. The number of amides is 3. The number of para-hydroxylation sites is 1. The van der Waals surface area contributed by atoms with Crippen molar-refractivity contribution in [1.29, 1.82) is 0 Å². The van der Waals surface area contributed by atoms with Crippen LogP contribution in [0.15, 0.2) is 42.5 Å². The third-order valence-electron chi connectivity index (χ3n) is 4.37. The topological polar surface area (TPSA) is 81.8 Å². The Hall–Kier alpha value is -3.19. The molecule has 2 N–H and O–H groups in total. The van der Waals surface area contributed by atoms with Gasteiger partial charge in [-0.15, -0.1) is 0 Å². The molecule has 154 valence electrons. The summed E-state index contributed by atoms with van der Waals surface area (Å²) in [7, 11) is 5.05. The van der Waals surface area contributed by atoms with Crippen molar-refractivity contribution in [1.82, 2.24) is 9.80 Å². The van der Waals surface area contributed by atoms with E-state index in [0.717, 1.165) is 16.8 Å². The maximum Gasteiger partial charge on any atom is 0.253 e. The van der Waals surface area contributed by atoms with E-state index in [2.05, 4.69) is 10.6 Å². The van der Waals surface area contributed by atoms with Crippen LogP contribution in [0.25, 0.3) is 0 Å². The molecule has 0 heterocycles. The van der Waals surface area contributed by atoms with Crippen LogP contribution in [0.5, 0.6) is 0 Å². The van der Waals surface area contributed by atoms with E-state index in [4.69, 9.17) is 0 Å². The standard InChI is InChI=1S/C22H28N4O3/c1-15-8-6-9-16(2)21(15)24-20(28)14-26(5)13-19(27)23-18-11-7-10-17(12-18)22(29)25(3)4/h6-12H,13-14H2,1-5H3,(H,23,27)(H,24,28). The van der Waals surface area contributed by atoms with Crippen LogP contribution in [0.4, 0.5) is 11.4 Å². The quantitative estimate of drug-likeness (QED) is 0.754. The minimum absolute atomic E-state index is 0.0476. The van der Waals surface area contributed by atoms with Gasteiger partial charge in [0.15, 0.2) is 0 Å². The molecule has 7 heteroatoms. The minimum Gasteiger partial charge on any atom is -0.345 e. The van der Waals surface area contributed by atoms with Gasteiger partial charge in [0.1, 0.15) is 0 Å². The van der Waals surface area contributed by atoms with E-state index in [1.807, 2.05) is 32.0 Å². The molecule has 2 aromatic carbocycles. The van der Waals surface area contributed by atoms with Crippen LogP contribution in [0.2, 0.25) is 0 Å². The lowest BCUT2D eigenvalue weighted by Gasteiger charge is -2.18. The second-order valence-electron chi connectivity index (χ2n) is 7.32. The first-order valence-electron chi connectivity index (χ1n) is 9.33. The predicted octanol–water partition coefficient (Wildman–Crippen LogP) is 2.51. The van der Waals surface area contributed by atoms with E-state index >= 15 is 0 Å². The number of hydrogen-bond acceptors (Lipinski definition) is 4. The Kier molecular flexibility index (Phi) is 7.50. The lowest BCUT2D eigenvalue weighted by atomic mass is 10.1. The molecule has 0 atom stereocenters. The summed E-state index contributed by atoms with van der Waals surface area (Å²) in [4.78, 5) is 39.8. The van der Waals surface area contributed by atoms with Crippen molar-refractivity contribution in [2.75, 3.05) is 44.9 Å². The molecule has 0 bridgehead atoms. The van der Waals surface area contributed by atoms with Gasteiger partial charge < -0.3 is 15.5 Å². The molecule has 0 aliphatic heterocycles. The van der Waals surface area contributed by atoms with E-state index in [1.54, 1.807) is 50.3 Å². The molecule has 2 rings (SSSR count). The average molecular weight is 396 g/mol. The summed E-state index contributed by atoms with van der Waals surface area (Å²) in [6.45, 7) is 4.01. The maximum atomic E-state index is 12.3. The molecule has 0 spiro atoms. The van der Waals surface area contributed by atoms with Gasteiger partial charge in [0, 0.05) is 31.0 Å². The number of aryl methyl sites for hydroxylation is 2. The monoisotopic (exact) mass is 396 g/mol. The average Bonchev–Trinajstić information content (AvgIpc) is 2.64. The molecule has 0 saturated carbocycles. The molecule has 0 radical (unpaired) electrons. The maximum absolute atomic E-state index is 12.3. The van der Waals surface area contributed by atoms with Gasteiger partial charge in [-0.1, -0.05) is 24.3 Å². The van der Waals surface area contributed by atoms with Gasteiger partial charge in [0.2, 0.25) is 11.8 Å². The summed E-state index contributed by atoms with van der Waals surface area (Å²) in [5.41, 5.74) is 3.82. The number of hydrogen-bond donors (Lipinski definition) is 2. The van der Waals surface area contributed by atoms with Gasteiger partial charge in [-0.25, -0.2) is 0 Å². The zero-order valence-corrected chi connectivity index (χ0v) is 17.6. The zero-order chi connectivity index (χ0) is 21.6. The summed E-state index contributed by atoms with van der Waals surface area (Å²) >= 11 is 0. The van der Waals surface area contributed by atoms with Crippen LogP contribution >= 0.6 is 0 Å². The molecule has 2 aromatic rings. The van der Waals surface area contributed by atoms with E-state index in [9.17, 15) is 14.4 Å². The van der Waals surface area contributed by atoms with Crippen LogP contribution in [-0.4, -0.2) is 61.8 Å². The lowest BCUT2D eigenvalue weighted by molar-refractivity contribution is -0.119. The number of benzene rings is 2. The Morgan fingerprint density at radius 2 is 1.38 bits per heavy atom. The van der Waals surface area contributed by atoms with Crippen molar-refractivity contribution in [3.8, 4) is 0 Å². The van der Waals surface area contributed by atoms with Crippen LogP contribution in [0.1, 0.15) is 21.5 Å². The largest absolute Gasteiger partial charge is 0.345 e. The summed E-state index contributed by atoms with van der Waals surface area (Å²) in [6, 6.07) is 12.6. The number of carbonyl (C=O) groups excluding carboxylic acids is 3. The number of nitrogens with one attached hydrogen (secondary N) is 2. The van der Waals surface area contributed by atoms with Crippen molar-refractivity contribution in [3.63, 3.8) is 0 Å². The first kappa shape index (κ1) is 22.1. The van der Waals surface area contributed by atoms with Crippen molar-refractivity contribution in [2.24, 2.45) is 0 Å². The van der Waals surface area contributed by atoms with Gasteiger partial charge in [-0.05, 0) is 50.2 Å². The Bertz CT molecular complexity index is 888. The summed E-state index contributed by atoms with van der Waals surface area (Å²) in [5.74, 6) is -0.584. The fraction of sp³-hybridized carbons (Fsp3) is 0.318. The second-order valence-corrected chi connectivity index (χ2v) is 7.32. The molecule has 0 aliphatic carbocycles. The molecule has 29 heavy (non-hydrogen) atoms. The number of rotatable bonds is 7. The van der Waals surface area contributed by atoms with E-state index in [1.165, 1.54) is 4.90 Å². The first-order chi connectivity index (χ1) is 13.7. The highest BCUT2D eigenvalue weighted by Gasteiger charge is 2.14. The predicted molar refractivity (Wildman–Crippen MR) is 115 cm³/mol. The SMILES string of the molecule is Cc1cccc(C)c1NC(=O)CN(C)CC(=O)Nc1cccc(C(=O)N(C)C)c1. The summed E-state index contributed by atoms with van der Waals surface area (Å²) in [5, 5.41) is 5.67. The highest BCUT2D eigenvalue weighted by Crippen LogP contribution is 2.19. The van der Waals surface area contributed by atoms with Gasteiger partial charge in [0.05, 0.1) is 13.1 Å². The first-order valence-corrected chi connectivity index (χ1v) is 9.33. The molecular weight excluding hydrogens is 368 g/mol. The van der Waals surface area contributed by atoms with Gasteiger partial charge in [0.25, 0.3) is 5.91 Å². The van der Waals surface area contributed by atoms with Crippen molar-refractivity contribution < 1.29 is 14.4 Å². The summed E-state index contributed by atoms with van der Waals surface area (Å²) < 4.78 is 0. The normalized spacial score (nSPS) is 10.6. The number of likely N-dealkylation sites (N-methyl/N-ethyl adjacent to an activating group) is 1. The van der Waals surface area contributed by atoms with Gasteiger partial charge in [-0.2, -0.15) is 0 Å². The molecule has 7 nitrogen and oxygen atoms in total. The van der Waals surface area contributed by atoms with Crippen molar-refractivity contribution >= 4 is 29.1 Å². The third-order valence-corrected chi connectivity index (χ3v) is 4.37. The number of nitrogens with zero attached hydrogens (tertiary/aromatic N) is 2. The molecule has 0 aliphatic rings. The lowest BCUT2D eigenvalue weighted by Crippen LogP contribution is -2.36. The van der Waals surface area contributed by atoms with Crippen molar-refractivity contribution in [2.45, 2.75) is 13.8 Å². The highest BCUT2D eigenvalue weighted by atomic mass is 16.2. The van der Waals surface area contributed by atoms with Crippen LogP contribution in [-0.2, 0) is 9.59 Å². The van der Waals surface area contributed by atoms with E-state index in [-0.39, 0.29) is 30.8 Å². The Morgan fingerprint density at radius 1 is 0.828 bits per heavy atom. The second kappa shape index (κ2) is 9.84. The molecular formula is C22H28N4O3. The highest BCUT2D eigenvalue weighted by molar-refractivity contribution is 5.98. The summed E-state index contributed by atoms with van der Waals surface area (Å²) in [6.07, 6.45) is 0.